The average Bonchev–Trinajstić information content (AvgIpc) is 2.94. The van der Waals surface area contributed by atoms with Gasteiger partial charge in [-0.3, -0.25) is 9.69 Å². The lowest BCUT2D eigenvalue weighted by atomic mass is 9.97. The molecule has 0 radical (unpaired) electrons. The van der Waals surface area contributed by atoms with Gasteiger partial charge in [0.05, 0.1) is 12.5 Å². The molecule has 0 aromatic heterocycles. The van der Waals surface area contributed by atoms with Gasteiger partial charge < -0.3 is 15.8 Å². The van der Waals surface area contributed by atoms with Gasteiger partial charge in [0.15, 0.2) is 0 Å². The molecule has 0 spiro atoms. The lowest BCUT2D eigenvalue weighted by Crippen LogP contribution is -2.40. The zero-order valence-electron chi connectivity index (χ0n) is 17.3. The number of carbonyl (C=O) groups is 1. The van der Waals surface area contributed by atoms with E-state index < -0.39 is 0 Å². The molecule has 1 saturated heterocycles. The Hall–Kier alpha value is -2.44. The number of rotatable bonds is 6. The van der Waals surface area contributed by atoms with E-state index in [-0.39, 0.29) is 23.7 Å². The molecule has 160 valence electrons. The summed E-state index contributed by atoms with van der Waals surface area (Å²) in [4.78, 5) is 13.8. The highest BCUT2D eigenvalue weighted by atomic mass is 19.1. The highest BCUT2D eigenvalue weighted by Crippen LogP contribution is 2.32. The van der Waals surface area contributed by atoms with E-state index in [1.807, 2.05) is 0 Å². The van der Waals surface area contributed by atoms with E-state index >= 15 is 0 Å². The van der Waals surface area contributed by atoms with Crippen LogP contribution in [0.15, 0.2) is 42.5 Å². The van der Waals surface area contributed by atoms with Crippen LogP contribution in [0, 0.1) is 11.7 Å². The molecular formula is C24H30FN3O2. The lowest BCUT2D eigenvalue weighted by Gasteiger charge is -2.31. The molecule has 3 N–H and O–H groups in total. The van der Waals surface area contributed by atoms with Gasteiger partial charge >= 0.3 is 0 Å². The molecule has 6 heteroatoms. The summed E-state index contributed by atoms with van der Waals surface area (Å²) in [6.07, 6.45) is 3.75. The number of nitrogens with two attached hydrogens (primary N) is 1. The molecule has 2 atom stereocenters. The summed E-state index contributed by atoms with van der Waals surface area (Å²) in [5.74, 6) is 0.307. The normalized spacial score (nSPS) is 22.0. The van der Waals surface area contributed by atoms with Crippen molar-refractivity contribution in [2.45, 2.75) is 44.8 Å². The number of fused-ring (bicyclic) bond motifs is 1. The van der Waals surface area contributed by atoms with Crippen molar-refractivity contribution < 1.29 is 13.9 Å². The van der Waals surface area contributed by atoms with E-state index in [2.05, 4.69) is 34.5 Å². The van der Waals surface area contributed by atoms with Crippen LogP contribution in [-0.2, 0) is 17.9 Å². The topological polar surface area (TPSA) is 67.6 Å². The van der Waals surface area contributed by atoms with Gasteiger partial charge in [-0.25, -0.2) is 4.39 Å². The minimum absolute atomic E-state index is 0.0403. The molecule has 2 unspecified atom stereocenters. The molecule has 1 fully saturated rings. The van der Waals surface area contributed by atoms with Crippen LogP contribution in [0.25, 0.3) is 0 Å². The molecule has 0 saturated carbocycles. The van der Waals surface area contributed by atoms with E-state index in [9.17, 15) is 9.18 Å². The third-order valence-corrected chi connectivity index (χ3v) is 6.10. The van der Waals surface area contributed by atoms with Crippen LogP contribution in [0.4, 0.5) is 4.39 Å². The number of hydrogen-bond donors (Lipinski definition) is 2. The molecule has 2 aromatic rings. The Kier molecular flexibility index (Phi) is 6.65. The molecular weight excluding hydrogens is 381 g/mol. The zero-order chi connectivity index (χ0) is 20.9. The summed E-state index contributed by atoms with van der Waals surface area (Å²) < 4.78 is 19.6. The first-order valence-corrected chi connectivity index (χ1v) is 10.8. The van der Waals surface area contributed by atoms with Crippen LogP contribution >= 0.6 is 0 Å². The molecule has 0 aliphatic carbocycles. The van der Waals surface area contributed by atoms with Gasteiger partial charge in [-0.1, -0.05) is 24.3 Å². The minimum atomic E-state index is -0.233. The summed E-state index contributed by atoms with van der Waals surface area (Å²) in [5.41, 5.74) is 8.83. The fourth-order valence-corrected chi connectivity index (χ4v) is 4.53. The second-order valence-corrected chi connectivity index (χ2v) is 8.40. The van der Waals surface area contributed by atoms with E-state index in [4.69, 9.17) is 10.5 Å². The number of carbonyl (C=O) groups excluding carboxylic acids is 1. The Morgan fingerprint density at radius 3 is 2.90 bits per heavy atom. The number of piperidine rings is 1. The number of primary amides is 1. The molecule has 5 nitrogen and oxygen atoms in total. The van der Waals surface area contributed by atoms with E-state index in [0.717, 1.165) is 56.6 Å². The number of hydrogen-bond acceptors (Lipinski definition) is 4. The van der Waals surface area contributed by atoms with Crippen molar-refractivity contribution in [3.05, 3.63) is 65.0 Å². The van der Waals surface area contributed by atoms with Crippen molar-refractivity contribution in [1.82, 2.24) is 10.2 Å². The predicted molar refractivity (Wildman–Crippen MR) is 114 cm³/mol. The lowest BCUT2D eigenvalue weighted by molar-refractivity contribution is -0.123. The Morgan fingerprint density at radius 2 is 2.03 bits per heavy atom. The first-order valence-electron chi connectivity index (χ1n) is 10.8. The SMILES string of the molecule is NC(=O)C1CCCN(Cc2cccc(CNC3CCCOc4ccc(F)cc43)c2)C1. The highest BCUT2D eigenvalue weighted by Gasteiger charge is 2.24. The van der Waals surface area contributed by atoms with Crippen LogP contribution in [0.3, 0.4) is 0 Å². The second-order valence-electron chi connectivity index (χ2n) is 8.40. The summed E-state index contributed by atoms with van der Waals surface area (Å²) in [7, 11) is 0. The number of nitrogens with zero attached hydrogens (tertiary/aromatic N) is 1. The first kappa shape index (κ1) is 20.8. The van der Waals surface area contributed by atoms with Gasteiger partial charge in [-0.05, 0) is 61.6 Å². The fraction of sp³-hybridized carbons (Fsp3) is 0.458. The molecule has 1 amide bonds. The Labute approximate surface area is 177 Å². The molecule has 2 aliphatic heterocycles. The number of benzene rings is 2. The quantitative estimate of drug-likeness (QED) is 0.763. The van der Waals surface area contributed by atoms with Crippen molar-refractivity contribution in [1.29, 1.82) is 0 Å². The summed E-state index contributed by atoms with van der Waals surface area (Å²) in [5, 5.41) is 3.59. The monoisotopic (exact) mass is 411 g/mol. The molecule has 2 heterocycles. The average molecular weight is 412 g/mol. The molecule has 30 heavy (non-hydrogen) atoms. The maximum absolute atomic E-state index is 13.8. The van der Waals surface area contributed by atoms with Gasteiger partial charge in [0.25, 0.3) is 0 Å². The van der Waals surface area contributed by atoms with Gasteiger partial charge in [-0.2, -0.15) is 0 Å². The minimum Gasteiger partial charge on any atom is -0.493 e. The number of likely N-dealkylation sites (tertiary alicyclic amines) is 1. The van der Waals surface area contributed by atoms with Crippen LogP contribution in [0.1, 0.15) is 48.4 Å². The van der Waals surface area contributed by atoms with E-state index in [1.165, 1.54) is 17.2 Å². The summed E-state index contributed by atoms with van der Waals surface area (Å²) in [6, 6.07) is 13.4. The standard InChI is InChI=1S/C24H30FN3O2/c25-20-8-9-23-21(13-20)22(7-3-11-30-23)27-14-17-4-1-5-18(12-17)15-28-10-2-6-19(16-28)24(26)29/h1,4-5,8-9,12-13,19,22,27H,2-3,6-7,10-11,14-16H2,(H2,26,29). The second kappa shape index (κ2) is 9.58. The van der Waals surface area contributed by atoms with Crippen molar-refractivity contribution in [3.8, 4) is 5.75 Å². The smallest absolute Gasteiger partial charge is 0.221 e. The van der Waals surface area contributed by atoms with Gasteiger partial charge in [-0.15, -0.1) is 0 Å². The van der Waals surface area contributed by atoms with Crippen molar-refractivity contribution in [2.75, 3.05) is 19.7 Å². The number of ether oxygens (including phenoxy) is 1. The third-order valence-electron chi connectivity index (χ3n) is 6.10. The maximum atomic E-state index is 13.8. The largest absolute Gasteiger partial charge is 0.493 e. The zero-order valence-corrected chi connectivity index (χ0v) is 17.3. The maximum Gasteiger partial charge on any atom is 0.221 e. The molecule has 2 aliphatic rings. The Balaban J connectivity index is 1.39. The van der Waals surface area contributed by atoms with Crippen LogP contribution in [-0.4, -0.2) is 30.5 Å². The Bertz CT molecular complexity index is 889. The first-order chi connectivity index (χ1) is 14.6. The highest BCUT2D eigenvalue weighted by molar-refractivity contribution is 5.76. The molecule has 0 bridgehead atoms. The van der Waals surface area contributed by atoms with Gasteiger partial charge in [0.2, 0.25) is 5.91 Å². The third kappa shape index (κ3) is 5.18. The Morgan fingerprint density at radius 1 is 1.17 bits per heavy atom. The molecule has 2 aromatic carbocycles. The number of halogens is 1. The predicted octanol–water partition coefficient (Wildman–Crippen LogP) is 3.53. The van der Waals surface area contributed by atoms with Gasteiger partial charge in [0.1, 0.15) is 11.6 Å². The van der Waals surface area contributed by atoms with Crippen LogP contribution in [0.2, 0.25) is 0 Å². The van der Waals surface area contributed by atoms with Crippen LogP contribution < -0.4 is 15.8 Å². The van der Waals surface area contributed by atoms with Crippen molar-refractivity contribution in [3.63, 3.8) is 0 Å². The fourth-order valence-electron chi connectivity index (χ4n) is 4.53. The summed E-state index contributed by atoms with van der Waals surface area (Å²) >= 11 is 0. The van der Waals surface area contributed by atoms with E-state index in [0.29, 0.717) is 13.2 Å². The summed E-state index contributed by atoms with van der Waals surface area (Å²) in [6.45, 7) is 3.93. The molecule has 4 rings (SSSR count). The number of nitrogens with one attached hydrogen (secondary N) is 1. The van der Waals surface area contributed by atoms with Crippen molar-refractivity contribution in [2.24, 2.45) is 11.7 Å². The van der Waals surface area contributed by atoms with E-state index in [1.54, 1.807) is 12.1 Å². The number of amides is 1. The van der Waals surface area contributed by atoms with Crippen LogP contribution in [0.5, 0.6) is 5.75 Å². The van der Waals surface area contributed by atoms with Gasteiger partial charge in [0, 0.05) is 31.2 Å². The van der Waals surface area contributed by atoms with Crippen molar-refractivity contribution >= 4 is 5.91 Å².